The molecule has 7 heteroatoms. The standard InChI is InChI=1S/C15H18N4O2S/c16-14(21)10-4-5-11-12(9-10)22-15(18-11)17-6-2-8-19-7-1-3-13(19)20/h4-5,9H,1-3,6-8H2,(H2,16,21)(H,17,18). The third-order valence-corrected chi connectivity index (χ3v) is 4.70. The van der Waals surface area contributed by atoms with Crippen molar-refractivity contribution in [2.45, 2.75) is 19.3 Å². The number of nitrogens with zero attached hydrogens (tertiary/aromatic N) is 2. The van der Waals surface area contributed by atoms with Crippen molar-refractivity contribution >= 4 is 38.5 Å². The van der Waals surface area contributed by atoms with Gasteiger partial charge in [0.1, 0.15) is 0 Å². The molecule has 0 saturated carbocycles. The summed E-state index contributed by atoms with van der Waals surface area (Å²) in [5.74, 6) is -0.168. The summed E-state index contributed by atoms with van der Waals surface area (Å²) < 4.78 is 0.938. The molecule has 1 saturated heterocycles. The molecule has 1 aliphatic heterocycles. The first-order chi connectivity index (χ1) is 10.6. The Morgan fingerprint density at radius 3 is 3.05 bits per heavy atom. The fourth-order valence-electron chi connectivity index (χ4n) is 2.56. The second-order valence-electron chi connectivity index (χ2n) is 5.33. The largest absolute Gasteiger partial charge is 0.366 e. The molecule has 1 aromatic heterocycles. The van der Waals surface area contributed by atoms with Crippen LogP contribution in [0.2, 0.25) is 0 Å². The zero-order valence-corrected chi connectivity index (χ0v) is 13.0. The van der Waals surface area contributed by atoms with Crippen molar-refractivity contribution in [1.82, 2.24) is 9.88 Å². The summed E-state index contributed by atoms with van der Waals surface area (Å²) in [5.41, 5.74) is 6.63. The van der Waals surface area contributed by atoms with Gasteiger partial charge in [-0.2, -0.15) is 0 Å². The van der Waals surface area contributed by atoms with Gasteiger partial charge in [-0.15, -0.1) is 0 Å². The van der Waals surface area contributed by atoms with E-state index >= 15 is 0 Å². The Hall–Kier alpha value is -2.15. The number of hydrogen-bond donors (Lipinski definition) is 2. The molecule has 3 N–H and O–H groups in total. The van der Waals surface area contributed by atoms with Gasteiger partial charge in [-0.05, 0) is 31.0 Å². The minimum absolute atomic E-state index is 0.263. The molecule has 3 rings (SSSR count). The third kappa shape index (κ3) is 3.19. The monoisotopic (exact) mass is 318 g/mol. The van der Waals surface area contributed by atoms with E-state index in [0.29, 0.717) is 12.0 Å². The number of nitrogens with two attached hydrogens (primary N) is 1. The minimum atomic E-state index is -0.430. The number of amides is 2. The average Bonchev–Trinajstić information content (AvgIpc) is 3.08. The minimum Gasteiger partial charge on any atom is -0.366 e. The average molecular weight is 318 g/mol. The molecule has 0 bridgehead atoms. The molecule has 0 spiro atoms. The van der Waals surface area contributed by atoms with Crippen LogP contribution in [0.5, 0.6) is 0 Å². The summed E-state index contributed by atoms with van der Waals surface area (Å²) in [6.45, 7) is 2.45. The SMILES string of the molecule is NC(=O)c1ccc2nc(NCCCN3CCCC3=O)sc2c1. The van der Waals surface area contributed by atoms with Gasteiger partial charge in [0.05, 0.1) is 10.2 Å². The van der Waals surface area contributed by atoms with Crippen LogP contribution >= 0.6 is 11.3 Å². The van der Waals surface area contributed by atoms with Gasteiger partial charge in [0.2, 0.25) is 11.8 Å². The number of likely N-dealkylation sites (tertiary alicyclic amines) is 1. The highest BCUT2D eigenvalue weighted by atomic mass is 32.1. The third-order valence-electron chi connectivity index (χ3n) is 3.73. The van der Waals surface area contributed by atoms with E-state index in [-0.39, 0.29) is 5.91 Å². The quantitative estimate of drug-likeness (QED) is 0.795. The number of rotatable bonds is 6. The summed E-state index contributed by atoms with van der Waals surface area (Å²) in [6.07, 6.45) is 2.56. The van der Waals surface area contributed by atoms with E-state index in [1.54, 1.807) is 18.2 Å². The van der Waals surface area contributed by atoms with Crippen molar-refractivity contribution in [2.75, 3.05) is 25.0 Å². The Morgan fingerprint density at radius 1 is 1.45 bits per heavy atom. The first kappa shape index (κ1) is 14.8. The van der Waals surface area contributed by atoms with Crippen molar-refractivity contribution in [2.24, 2.45) is 5.73 Å². The Balaban J connectivity index is 1.55. The predicted molar refractivity (Wildman–Crippen MR) is 87.1 cm³/mol. The highest BCUT2D eigenvalue weighted by molar-refractivity contribution is 7.22. The van der Waals surface area contributed by atoms with Gasteiger partial charge in [-0.3, -0.25) is 9.59 Å². The van der Waals surface area contributed by atoms with Crippen LogP contribution in [0.15, 0.2) is 18.2 Å². The first-order valence-corrected chi connectivity index (χ1v) is 8.17. The predicted octanol–water partition coefficient (Wildman–Crippen LogP) is 1.82. The van der Waals surface area contributed by atoms with Crippen molar-refractivity contribution in [3.8, 4) is 0 Å². The molecule has 0 aliphatic carbocycles. The van der Waals surface area contributed by atoms with Crippen molar-refractivity contribution < 1.29 is 9.59 Å². The Labute approximate surface area is 132 Å². The Kier molecular flexibility index (Phi) is 4.24. The first-order valence-electron chi connectivity index (χ1n) is 7.35. The molecule has 1 fully saturated rings. The molecule has 1 aromatic carbocycles. The molecule has 0 unspecified atom stereocenters. The van der Waals surface area contributed by atoms with E-state index in [2.05, 4.69) is 10.3 Å². The zero-order valence-electron chi connectivity index (χ0n) is 12.2. The number of fused-ring (bicyclic) bond motifs is 1. The van der Waals surface area contributed by atoms with Gasteiger partial charge in [0, 0.05) is 31.6 Å². The Bertz CT molecular complexity index is 713. The van der Waals surface area contributed by atoms with Gasteiger partial charge in [-0.1, -0.05) is 11.3 Å². The normalized spacial score (nSPS) is 14.7. The highest BCUT2D eigenvalue weighted by Gasteiger charge is 2.18. The molecule has 6 nitrogen and oxygen atoms in total. The number of anilines is 1. The van der Waals surface area contributed by atoms with E-state index in [9.17, 15) is 9.59 Å². The maximum absolute atomic E-state index is 11.5. The number of primary amides is 1. The van der Waals surface area contributed by atoms with E-state index in [4.69, 9.17) is 5.73 Å². The molecular formula is C15H18N4O2S. The lowest BCUT2D eigenvalue weighted by molar-refractivity contribution is -0.127. The number of thiazole rings is 1. The fourth-order valence-corrected chi connectivity index (χ4v) is 3.49. The number of carbonyl (C=O) groups is 2. The van der Waals surface area contributed by atoms with E-state index < -0.39 is 5.91 Å². The van der Waals surface area contributed by atoms with E-state index in [1.165, 1.54) is 11.3 Å². The van der Waals surface area contributed by atoms with Crippen molar-refractivity contribution in [3.05, 3.63) is 23.8 Å². The van der Waals surface area contributed by atoms with Gasteiger partial charge < -0.3 is 16.0 Å². The molecule has 2 amide bonds. The molecule has 0 atom stereocenters. The second kappa shape index (κ2) is 6.31. The lowest BCUT2D eigenvalue weighted by Gasteiger charge is -2.14. The van der Waals surface area contributed by atoms with Crippen LogP contribution in [0.3, 0.4) is 0 Å². The molecular weight excluding hydrogens is 300 g/mol. The second-order valence-corrected chi connectivity index (χ2v) is 6.36. The number of hydrogen-bond acceptors (Lipinski definition) is 5. The summed E-state index contributed by atoms with van der Waals surface area (Å²) in [4.78, 5) is 29.1. The summed E-state index contributed by atoms with van der Waals surface area (Å²) in [7, 11) is 0. The molecule has 2 aromatic rings. The van der Waals surface area contributed by atoms with Crippen LogP contribution in [-0.4, -0.2) is 41.3 Å². The number of aromatic nitrogens is 1. The summed E-state index contributed by atoms with van der Waals surface area (Å²) in [5, 5.41) is 4.10. The van der Waals surface area contributed by atoms with Crippen LogP contribution in [0, 0.1) is 0 Å². The summed E-state index contributed by atoms with van der Waals surface area (Å²) >= 11 is 1.50. The van der Waals surface area contributed by atoms with Crippen LogP contribution in [-0.2, 0) is 4.79 Å². The maximum atomic E-state index is 11.5. The molecule has 0 radical (unpaired) electrons. The highest BCUT2D eigenvalue weighted by Crippen LogP contribution is 2.26. The topological polar surface area (TPSA) is 88.3 Å². The fraction of sp³-hybridized carbons (Fsp3) is 0.400. The number of nitrogens with one attached hydrogen (secondary N) is 1. The van der Waals surface area contributed by atoms with Crippen LogP contribution in [0.1, 0.15) is 29.6 Å². The van der Waals surface area contributed by atoms with Crippen molar-refractivity contribution in [3.63, 3.8) is 0 Å². The Morgan fingerprint density at radius 2 is 2.32 bits per heavy atom. The lowest BCUT2D eigenvalue weighted by Crippen LogP contribution is -2.26. The molecule has 1 aliphatic rings. The van der Waals surface area contributed by atoms with E-state index in [1.807, 2.05) is 4.90 Å². The number of carbonyl (C=O) groups excluding carboxylic acids is 2. The van der Waals surface area contributed by atoms with Gasteiger partial charge in [-0.25, -0.2) is 4.98 Å². The van der Waals surface area contributed by atoms with Gasteiger partial charge in [0.25, 0.3) is 0 Å². The van der Waals surface area contributed by atoms with Gasteiger partial charge in [0.15, 0.2) is 5.13 Å². The van der Waals surface area contributed by atoms with Crippen LogP contribution in [0.4, 0.5) is 5.13 Å². The lowest BCUT2D eigenvalue weighted by atomic mass is 10.2. The van der Waals surface area contributed by atoms with Crippen LogP contribution < -0.4 is 11.1 Å². The van der Waals surface area contributed by atoms with Crippen LogP contribution in [0.25, 0.3) is 10.2 Å². The molecule has 2 heterocycles. The summed E-state index contributed by atoms with van der Waals surface area (Å²) in [6, 6.07) is 5.26. The van der Waals surface area contributed by atoms with Gasteiger partial charge >= 0.3 is 0 Å². The molecule has 22 heavy (non-hydrogen) atoms. The zero-order chi connectivity index (χ0) is 15.5. The maximum Gasteiger partial charge on any atom is 0.248 e. The molecule has 116 valence electrons. The van der Waals surface area contributed by atoms with E-state index in [0.717, 1.165) is 47.8 Å². The van der Waals surface area contributed by atoms with Crippen molar-refractivity contribution in [1.29, 1.82) is 0 Å². The number of benzene rings is 1. The smallest absolute Gasteiger partial charge is 0.248 e.